The van der Waals surface area contributed by atoms with Crippen LogP contribution >= 0.6 is 0 Å². The summed E-state index contributed by atoms with van der Waals surface area (Å²) in [5, 5.41) is 0. The van der Waals surface area contributed by atoms with Crippen LogP contribution in [0.5, 0.6) is 0 Å². The third-order valence-corrected chi connectivity index (χ3v) is 2.97. The SMILES string of the molecule is C1C2CC12.C1CCC1.CCCC. The summed E-state index contributed by atoms with van der Waals surface area (Å²) in [5.41, 5.74) is 0. The average molecular weight is 168 g/mol. The van der Waals surface area contributed by atoms with E-state index in [0.717, 1.165) is 0 Å². The van der Waals surface area contributed by atoms with Gasteiger partial charge >= 0.3 is 0 Å². The van der Waals surface area contributed by atoms with E-state index < -0.39 is 0 Å². The van der Waals surface area contributed by atoms with Crippen LogP contribution in [0.15, 0.2) is 0 Å². The van der Waals surface area contributed by atoms with Crippen molar-refractivity contribution in [1.29, 1.82) is 0 Å². The molecule has 0 unspecified atom stereocenters. The number of unbranched alkanes of at least 4 members (excludes halogenated alkanes) is 1. The minimum Gasteiger partial charge on any atom is -0.0654 e. The van der Waals surface area contributed by atoms with Gasteiger partial charge in [-0.05, 0) is 24.7 Å². The van der Waals surface area contributed by atoms with Crippen LogP contribution in [0.1, 0.15) is 65.2 Å². The number of rotatable bonds is 1. The monoisotopic (exact) mass is 168 g/mol. The molecule has 0 aromatic rings. The van der Waals surface area contributed by atoms with Crippen LogP contribution in [0.2, 0.25) is 0 Å². The Kier molecular flexibility index (Phi) is 4.72. The second kappa shape index (κ2) is 5.61. The zero-order chi connectivity index (χ0) is 8.81. The molecule has 0 heteroatoms. The zero-order valence-electron chi connectivity index (χ0n) is 8.81. The molecule has 0 spiro atoms. The highest BCUT2D eigenvalue weighted by Gasteiger charge is 2.52. The van der Waals surface area contributed by atoms with E-state index in [4.69, 9.17) is 0 Å². The maximum absolute atomic E-state index is 2.18. The molecule has 0 amide bonds. The summed E-state index contributed by atoms with van der Waals surface area (Å²) in [6.07, 6.45) is 11.8. The molecule has 0 saturated heterocycles. The Morgan fingerprint density at radius 2 is 1.00 bits per heavy atom. The molecule has 3 saturated carbocycles. The van der Waals surface area contributed by atoms with Crippen LogP contribution in [0.3, 0.4) is 0 Å². The first-order valence-electron chi connectivity index (χ1n) is 5.88. The maximum Gasteiger partial charge on any atom is -0.0380 e. The Bertz CT molecular complexity index is 84.6. The molecule has 0 aromatic heterocycles. The van der Waals surface area contributed by atoms with Crippen LogP contribution in [-0.4, -0.2) is 0 Å². The molecule has 0 radical (unpaired) electrons. The Labute approximate surface area is 77.7 Å². The van der Waals surface area contributed by atoms with Gasteiger partial charge in [-0.2, -0.15) is 0 Å². The molecule has 3 aliphatic carbocycles. The van der Waals surface area contributed by atoms with Gasteiger partial charge in [-0.3, -0.25) is 0 Å². The highest BCUT2D eigenvalue weighted by Crippen LogP contribution is 2.62. The first-order chi connectivity index (χ1) is 5.88. The minimum absolute atomic E-state index is 1.25. The van der Waals surface area contributed by atoms with Crippen molar-refractivity contribution >= 4 is 0 Å². The summed E-state index contributed by atoms with van der Waals surface area (Å²) in [4.78, 5) is 0. The smallest absolute Gasteiger partial charge is 0.0380 e. The van der Waals surface area contributed by atoms with Crippen molar-refractivity contribution in [2.45, 2.75) is 65.2 Å². The molecule has 0 N–H and O–H groups in total. The molecule has 0 heterocycles. The molecule has 12 heavy (non-hydrogen) atoms. The van der Waals surface area contributed by atoms with Gasteiger partial charge in [-0.25, -0.2) is 0 Å². The molecule has 0 aliphatic heterocycles. The third-order valence-electron chi connectivity index (χ3n) is 2.97. The number of hydrogen-bond donors (Lipinski definition) is 0. The highest BCUT2D eigenvalue weighted by atomic mass is 14.6. The van der Waals surface area contributed by atoms with E-state index in [2.05, 4.69) is 13.8 Å². The van der Waals surface area contributed by atoms with Gasteiger partial charge < -0.3 is 0 Å². The number of hydrogen-bond acceptors (Lipinski definition) is 0. The summed E-state index contributed by atoms with van der Waals surface area (Å²) in [7, 11) is 0. The third kappa shape index (κ3) is 4.79. The van der Waals surface area contributed by atoms with E-state index in [-0.39, 0.29) is 0 Å². The molecule has 0 aromatic carbocycles. The Morgan fingerprint density at radius 1 is 0.750 bits per heavy atom. The molecular formula is C12H24. The van der Waals surface area contributed by atoms with E-state index in [0.29, 0.717) is 0 Å². The first kappa shape index (κ1) is 10.1. The quantitative estimate of drug-likeness (QED) is 0.544. The van der Waals surface area contributed by atoms with Crippen molar-refractivity contribution in [1.82, 2.24) is 0 Å². The normalized spacial score (nSPS) is 32.5. The summed E-state index contributed by atoms with van der Waals surface area (Å²) < 4.78 is 0. The summed E-state index contributed by atoms with van der Waals surface area (Å²) in [6.45, 7) is 4.36. The van der Waals surface area contributed by atoms with E-state index in [1.165, 1.54) is 50.4 Å². The lowest BCUT2D eigenvalue weighted by Gasteiger charge is -2.05. The molecule has 0 bridgehead atoms. The van der Waals surface area contributed by atoms with Crippen LogP contribution in [0.4, 0.5) is 0 Å². The average Bonchev–Trinajstić information content (AvgIpc) is 2.68. The van der Waals surface area contributed by atoms with E-state index in [9.17, 15) is 0 Å². The van der Waals surface area contributed by atoms with Gasteiger partial charge in [-0.15, -0.1) is 0 Å². The highest BCUT2D eigenvalue weighted by molar-refractivity contribution is 5.02. The number of fused-ring (bicyclic) bond motifs is 1. The van der Waals surface area contributed by atoms with Gasteiger partial charge in [0.2, 0.25) is 0 Å². The standard InChI is InChI=1S/C4H6.C4H8.C4H10/c1-3-2-4(1)3;1-2-4-3-1;1-3-4-2/h3-4H,1-2H2;1-4H2;3-4H2,1-2H3. The lowest BCUT2D eigenvalue weighted by molar-refractivity contribution is 0.504. The fourth-order valence-corrected chi connectivity index (χ4v) is 0.802. The van der Waals surface area contributed by atoms with E-state index >= 15 is 0 Å². The van der Waals surface area contributed by atoms with Crippen molar-refractivity contribution in [2.24, 2.45) is 11.8 Å². The van der Waals surface area contributed by atoms with Crippen molar-refractivity contribution < 1.29 is 0 Å². The topological polar surface area (TPSA) is 0 Å². The van der Waals surface area contributed by atoms with Crippen LogP contribution in [-0.2, 0) is 0 Å². The first-order valence-corrected chi connectivity index (χ1v) is 5.88. The molecule has 3 fully saturated rings. The fourth-order valence-electron chi connectivity index (χ4n) is 0.802. The van der Waals surface area contributed by atoms with Crippen molar-refractivity contribution in [2.75, 3.05) is 0 Å². The van der Waals surface area contributed by atoms with Gasteiger partial charge in [0, 0.05) is 0 Å². The molecule has 72 valence electrons. The fraction of sp³-hybridized carbons (Fsp3) is 1.00. The summed E-state index contributed by atoms with van der Waals surface area (Å²) >= 11 is 0. The lowest BCUT2D eigenvalue weighted by Crippen LogP contribution is -1.85. The van der Waals surface area contributed by atoms with Gasteiger partial charge in [-0.1, -0.05) is 52.4 Å². The summed E-state index contributed by atoms with van der Waals surface area (Å²) in [6, 6.07) is 0. The predicted octanol–water partition coefficient (Wildman–Crippen LogP) is 4.39. The second-order valence-electron chi connectivity index (χ2n) is 4.41. The summed E-state index contributed by atoms with van der Waals surface area (Å²) in [5.74, 6) is 2.50. The Hall–Kier alpha value is 0. The maximum atomic E-state index is 2.18. The largest absolute Gasteiger partial charge is 0.0654 e. The van der Waals surface area contributed by atoms with Gasteiger partial charge in [0.15, 0.2) is 0 Å². The molecule has 3 aliphatic rings. The molecule has 0 nitrogen and oxygen atoms in total. The molecular weight excluding hydrogens is 144 g/mol. The molecule has 3 rings (SSSR count). The Morgan fingerprint density at radius 3 is 1.00 bits per heavy atom. The molecule has 0 atom stereocenters. The predicted molar refractivity (Wildman–Crippen MR) is 55.3 cm³/mol. The van der Waals surface area contributed by atoms with Crippen LogP contribution in [0, 0.1) is 11.8 Å². The Balaban J connectivity index is 0.0000000900. The van der Waals surface area contributed by atoms with Crippen molar-refractivity contribution in [3.63, 3.8) is 0 Å². The second-order valence-corrected chi connectivity index (χ2v) is 4.41. The van der Waals surface area contributed by atoms with Crippen LogP contribution < -0.4 is 0 Å². The minimum atomic E-state index is 1.25. The van der Waals surface area contributed by atoms with Gasteiger partial charge in [0.05, 0.1) is 0 Å². The van der Waals surface area contributed by atoms with Crippen molar-refractivity contribution in [3.05, 3.63) is 0 Å². The van der Waals surface area contributed by atoms with E-state index in [1.54, 1.807) is 12.8 Å². The van der Waals surface area contributed by atoms with Gasteiger partial charge in [0.25, 0.3) is 0 Å². The van der Waals surface area contributed by atoms with Crippen molar-refractivity contribution in [3.8, 4) is 0 Å². The zero-order valence-corrected chi connectivity index (χ0v) is 8.81. The van der Waals surface area contributed by atoms with Gasteiger partial charge in [0.1, 0.15) is 0 Å². The van der Waals surface area contributed by atoms with Crippen LogP contribution in [0.25, 0.3) is 0 Å². The van der Waals surface area contributed by atoms with E-state index in [1.807, 2.05) is 0 Å². The lowest BCUT2D eigenvalue weighted by atomic mass is 10.0.